The highest BCUT2D eigenvalue weighted by Gasteiger charge is 2.16. The Hall–Kier alpha value is -0.860. The molecule has 0 radical (unpaired) electrons. The summed E-state index contributed by atoms with van der Waals surface area (Å²) in [5, 5.41) is 3.64. The van der Waals surface area contributed by atoms with Gasteiger partial charge in [0.2, 0.25) is 0 Å². The molecular weight excluding hydrogens is 244 g/mol. The molecule has 0 saturated heterocycles. The minimum atomic E-state index is 0.419. The first kappa shape index (κ1) is 17.2. The van der Waals surface area contributed by atoms with Crippen LogP contribution in [0.15, 0.2) is 18.2 Å². The zero-order valence-corrected chi connectivity index (χ0v) is 14.2. The number of rotatable bonds is 8. The topological polar surface area (TPSA) is 15.3 Å². The predicted molar refractivity (Wildman–Crippen MR) is 89.3 cm³/mol. The monoisotopic (exact) mass is 276 g/mol. The fraction of sp³-hybridized carbons (Fsp3) is 0.667. The van der Waals surface area contributed by atoms with Gasteiger partial charge in [-0.2, -0.15) is 0 Å². The second-order valence-electron chi connectivity index (χ2n) is 6.11. The molecule has 114 valence electrons. The minimum Gasteiger partial charge on any atom is -0.309 e. The van der Waals surface area contributed by atoms with Crippen molar-refractivity contribution < 1.29 is 0 Å². The van der Waals surface area contributed by atoms with Crippen molar-refractivity contribution in [3.8, 4) is 0 Å². The van der Waals surface area contributed by atoms with Gasteiger partial charge < -0.3 is 10.2 Å². The van der Waals surface area contributed by atoms with Crippen molar-refractivity contribution in [3.63, 3.8) is 0 Å². The van der Waals surface area contributed by atoms with Gasteiger partial charge in [-0.05, 0) is 46.3 Å². The van der Waals surface area contributed by atoms with Crippen molar-refractivity contribution in [1.29, 1.82) is 0 Å². The fourth-order valence-corrected chi connectivity index (χ4v) is 2.85. The molecule has 0 amide bonds. The summed E-state index contributed by atoms with van der Waals surface area (Å²) in [6.45, 7) is 13.2. The molecule has 0 aliphatic carbocycles. The molecule has 1 aromatic carbocycles. The van der Waals surface area contributed by atoms with Crippen LogP contribution in [-0.4, -0.2) is 31.1 Å². The van der Waals surface area contributed by atoms with Crippen LogP contribution in [0.1, 0.15) is 56.3 Å². The lowest BCUT2D eigenvalue weighted by molar-refractivity contribution is 0.219. The molecule has 2 nitrogen and oxygen atoms in total. The Morgan fingerprint density at radius 3 is 2.20 bits per heavy atom. The summed E-state index contributed by atoms with van der Waals surface area (Å²) >= 11 is 0. The van der Waals surface area contributed by atoms with Crippen LogP contribution in [0.4, 0.5) is 0 Å². The van der Waals surface area contributed by atoms with E-state index in [-0.39, 0.29) is 0 Å². The number of likely N-dealkylation sites (N-methyl/N-ethyl adjacent to an activating group) is 2. The van der Waals surface area contributed by atoms with Gasteiger partial charge in [0, 0.05) is 18.6 Å². The molecule has 2 atom stereocenters. The number of nitrogens with zero attached hydrogens (tertiary/aromatic N) is 1. The maximum Gasteiger partial charge on any atom is 0.0449 e. The molecule has 0 heterocycles. The van der Waals surface area contributed by atoms with Crippen LogP contribution in [0.3, 0.4) is 0 Å². The third-order valence-corrected chi connectivity index (χ3v) is 4.03. The molecule has 0 saturated carbocycles. The van der Waals surface area contributed by atoms with E-state index in [0.29, 0.717) is 12.1 Å². The Kier molecular flexibility index (Phi) is 7.25. The van der Waals surface area contributed by atoms with E-state index in [1.54, 1.807) is 0 Å². The third-order valence-electron chi connectivity index (χ3n) is 4.03. The molecule has 2 heteroatoms. The Bertz CT molecular complexity index is 380. The quantitative estimate of drug-likeness (QED) is 0.770. The molecule has 1 N–H and O–H groups in total. The predicted octanol–water partition coefficient (Wildman–Crippen LogP) is 4.07. The number of aryl methyl sites for hydroxylation is 2. The van der Waals surface area contributed by atoms with Crippen LogP contribution in [0.25, 0.3) is 0 Å². The van der Waals surface area contributed by atoms with Crippen molar-refractivity contribution >= 4 is 0 Å². The summed E-state index contributed by atoms with van der Waals surface area (Å²) in [5.41, 5.74) is 4.12. The minimum absolute atomic E-state index is 0.419. The number of nitrogens with one attached hydrogen (secondary N) is 1. The first-order chi connectivity index (χ1) is 9.47. The summed E-state index contributed by atoms with van der Waals surface area (Å²) < 4.78 is 0. The van der Waals surface area contributed by atoms with Gasteiger partial charge in [-0.3, -0.25) is 0 Å². The number of benzene rings is 1. The highest BCUT2D eigenvalue weighted by atomic mass is 15.1. The summed E-state index contributed by atoms with van der Waals surface area (Å²) in [4.78, 5) is 2.48. The van der Waals surface area contributed by atoms with Gasteiger partial charge in [0.15, 0.2) is 0 Å². The number of hydrogen-bond acceptors (Lipinski definition) is 2. The lowest BCUT2D eigenvalue weighted by Crippen LogP contribution is -2.37. The van der Waals surface area contributed by atoms with E-state index in [2.05, 4.69) is 70.1 Å². The van der Waals surface area contributed by atoms with Crippen LogP contribution in [0, 0.1) is 13.8 Å². The molecule has 0 aliphatic rings. The van der Waals surface area contributed by atoms with Gasteiger partial charge in [0.05, 0.1) is 0 Å². The van der Waals surface area contributed by atoms with E-state index >= 15 is 0 Å². The van der Waals surface area contributed by atoms with Crippen LogP contribution >= 0.6 is 0 Å². The first-order valence-corrected chi connectivity index (χ1v) is 7.99. The zero-order chi connectivity index (χ0) is 15.1. The Morgan fingerprint density at radius 1 is 1.10 bits per heavy atom. The van der Waals surface area contributed by atoms with Crippen LogP contribution in [0.5, 0.6) is 0 Å². The van der Waals surface area contributed by atoms with Crippen molar-refractivity contribution in [3.05, 3.63) is 34.9 Å². The summed E-state index contributed by atoms with van der Waals surface area (Å²) in [7, 11) is 2.24. The molecule has 20 heavy (non-hydrogen) atoms. The van der Waals surface area contributed by atoms with Gasteiger partial charge in [0.1, 0.15) is 0 Å². The summed E-state index contributed by atoms with van der Waals surface area (Å²) in [6, 6.07) is 7.95. The van der Waals surface area contributed by atoms with Crippen molar-refractivity contribution in [2.75, 3.05) is 20.1 Å². The third kappa shape index (κ3) is 5.26. The van der Waals surface area contributed by atoms with Gasteiger partial charge >= 0.3 is 0 Å². The number of hydrogen-bond donors (Lipinski definition) is 1. The molecular formula is C18H32N2. The van der Waals surface area contributed by atoms with E-state index in [1.807, 2.05) is 0 Å². The van der Waals surface area contributed by atoms with E-state index in [1.165, 1.54) is 29.5 Å². The van der Waals surface area contributed by atoms with E-state index in [9.17, 15) is 0 Å². The second kappa shape index (κ2) is 8.43. The average molecular weight is 276 g/mol. The van der Waals surface area contributed by atoms with Crippen molar-refractivity contribution in [2.24, 2.45) is 0 Å². The maximum atomic E-state index is 3.64. The molecule has 0 spiro atoms. The van der Waals surface area contributed by atoms with Crippen LogP contribution in [-0.2, 0) is 0 Å². The highest BCUT2D eigenvalue weighted by molar-refractivity contribution is 5.31. The molecule has 0 aromatic heterocycles. The Labute approximate surface area is 125 Å². The Balaban J connectivity index is 2.82. The summed E-state index contributed by atoms with van der Waals surface area (Å²) in [6.07, 6.45) is 2.52. The van der Waals surface area contributed by atoms with Gasteiger partial charge in [-0.1, -0.05) is 49.6 Å². The van der Waals surface area contributed by atoms with Gasteiger partial charge in [0.25, 0.3) is 0 Å². The van der Waals surface area contributed by atoms with Crippen molar-refractivity contribution in [1.82, 2.24) is 10.2 Å². The SMILES string of the molecule is CCCC(C)N(C)CC(NCC)c1cc(C)cc(C)c1. The highest BCUT2D eigenvalue weighted by Crippen LogP contribution is 2.19. The largest absolute Gasteiger partial charge is 0.309 e. The smallest absolute Gasteiger partial charge is 0.0449 e. The first-order valence-electron chi connectivity index (χ1n) is 7.99. The standard InChI is InChI=1S/C18H32N2/c1-7-9-16(5)20(6)13-18(19-8-2)17-11-14(3)10-15(4)12-17/h10-12,16,18-19H,7-9,13H2,1-6H3. The van der Waals surface area contributed by atoms with E-state index < -0.39 is 0 Å². The molecule has 0 bridgehead atoms. The van der Waals surface area contributed by atoms with Gasteiger partial charge in [-0.25, -0.2) is 0 Å². The fourth-order valence-electron chi connectivity index (χ4n) is 2.85. The molecule has 1 aromatic rings. The Morgan fingerprint density at radius 2 is 1.70 bits per heavy atom. The maximum absolute atomic E-state index is 3.64. The van der Waals surface area contributed by atoms with Crippen LogP contribution < -0.4 is 5.32 Å². The lowest BCUT2D eigenvalue weighted by Gasteiger charge is -2.30. The zero-order valence-electron chi connectivity index (χ0n) is 14.2. The summed E-state index contributed by atoms with van der Waals surface area (Å²) in [5.74, 6) is 0. The molecule has 1 rings (SSSR count). The van der Waals surface area contributed by atoms with E-state index in [0.717, 1.165) is 13.1 Å². The van der Waals surface area contributed by atoms with Crippen molar-refractivity contribution in [2.45, 2.75) is 59.5 Å². The van der Waals surface area contributed by atoms with E-state index in [4.69, 9.17) is 0 Å². The second-order valence-corrected chi connectivity index (χ2v) is 6.11. The molecule has 0 aliphatic heterocycles. The van der Waals surface area contributed by atoms with Crippen LogP contribution in [0.2, 0.25) is 0 Å². The average Bonchev–Trinajstić information content (AvgIpc) is 2.37. The lowest BCUT2D eigenvalue weighted by atomic mass is 10.00. The molecule has 2 unspecified atom stereocenters. The normalized spacial score (nSPS) is 14.6. The van der Waals surface area contributed by atoms with Gasteiger partial charge in [-0.15, -0.1) is 0 Å². The molecule has 0 fully saturated rings.